The minimum Gasteiger partial charge on any atom is -0.356 e. The predicted octanol–water partition coefficient (Wildman–Crippen LogP) is 2.41. The van der Waals surface area contributed by atoms with E-state index < -0.39 is 0 Å². The van der Waals surface area contributed by atoms with Crippen molar-refractivity contribution in [3.8, 4) is 0 Å². The summed E-state index contributed by atoms with van der Waals surface area (Å²) in [6, 6.07) is 1.94. The van der Waals surface area contributed by atoms with Gasteiger partial charge in [0.2, 0.25) is 0 Å². The number of aromatic nitrogens is 2. The lowest BCUT2D eigenvalue weighted by atomic mass is 10.0. The Morgan fingerprint density at radius 3 is 2.76 bits per heavy atom. The van der Waals surface area contributed by atoms with Crippen molar-refractivity contribution in [2.45, 2.75) is 51.5 Å². The Morgan fingerprint density at radius 1 is 1.24 bits per heavy atom. The van der Waals surface area contributed by atoms with E-state index in [1.165, 1.54) is 44.9 Å². The molecule has 0 bridgehead atoms. The number of guanidine groups is 1. The monoisotopic (exact) mass is 291 g/mol. The Hall–Kier alpha value is -1.52. The van der Waals surface area contributed by atoms with E-state index in [2.05, 4.69) is 20.7 Å². The largest absolute Gasteiger partial charge is 0.356 e. The third kappa shape index (κ3) is 6.19. The van der Waals surface area contributed by atoms with Crippen molar-refractivity contribution >= 4 is 5.96 Å². The summed E-state index contributed by atoms with van der Waals surface area (Å²) in [5, 5.41) is 10.9. The van der Waals surface area contributed by atoms with Gasteiger partial charge in [-0.15, -0.1) is 0 Å². The molecule has 2 rings (SSSR count). The number of unbranched alkanes of at least 4 members (excludes halogenated alkanes) is 1. The molecule has 0 amide bonds. The van der Waals surface area contributed by atoms with Gasteiger partial charge < -0.3 is 10.6 Å². The number of hydrogen-bond acceptors (Lipinski definition) is 2. The average molecular weight is 291 g/mol. The highest BCUT2D eigenvalue weighted by molar-refractivity contribution is 5.79. The molecule has 118 valence electrons. The van der Waals surface area contributed by atoms with Crippen molar-refractivity contribution in [2.75, 3.05) is 20.1 Å². The summed E-state index contributed by atoms with van der Waals surface area (Å²) >= 11 is 0. The first-order valence-corrected chi connectivity index (χ1v) is 8.30. The molecule has 1 aliphatic rings. The Kier molecular flexibility index (Phi) is 7.12. The first-order chi connectivity index (χ1) is 10.4. The highest BCUT2D eigenvalue weighted by atomic mass is 15.3. The summed E-state index contributed by atoms with van der Waals surface area (Å²) in [6.45, 7) is 2.70. The molecule has 5 nitrogen and oxygen atoms in total. The van der Waals surface area contributed by atoms with Gasteiger partial charge in [0.1, 0.15) is 0 Å². The third-order valence-corrected chi connectivity index (χ3v) is 4.22. The van der Waals surface area contributed by atoms with Crippen LogP contribution in [0.2, 0.25) is 0 Å². The molecule has 1 aromatic heterocycles. The minimum atomic E-state index is 0.837. The van der Waals surface area contributed by atoms with E-state index in [4.69, 9.17) is 0 Å². The smallest absolute Gasteiger partial charge is 0.191 e. The highest BCUT2D eigenvalue weighted by Gasteiger charge is 2.13. The van der Waals surface area contributed by atoms with Crippen LogP contribution in [0.25, 0.3) is 0 Å². The SMILES string of the molecule is CN=C(NCCCCC1CCCC1)NCCn1cccn1. The Balaban J connectivity index is 1.49. The van der Waals surface area contributed by atoms with E-state index in [-0.39, 0.29) is 0 Å². The van der Waals surface area contributed by atoms with Gasteiger partial charge in [0.15, 0.2) is 5.96 Å². The van der Waals surface area contributed by atoms with Crippen molar-refractivity contribution in [2.24, 2.45) is 10.9 Å². The quantitative estimate of drug-likeness (QED) is 0.439. The van der Waals surface area contributed by atoms with Crippen molar-refractivity contribution < 1.29 is 0 Å². The second-order valence-electron chi connectivity index (χ2n) is 5.84. The lowest BCUT2D eigenvalue weighted by Crippen LogP contribution is -2.39. The predicted molar refractivity (Wildman–Crippen MR) is 87.4 cm³/mol. The molecule has 0 aromatic carbocycles. The van der Waals surface area contributed by atoms with E-state index in [1.807, 2.05) is 24.0 Å². The van der Waals surface area contributed by atoms with Crippen molar-refractivity contribution in [1.82, 2.24) is 20.4 Å². The lowest BCUT2D eigenvalue weighted by Gasteiger charge is -2.12. The molecule has 1 saturated carbocycles. The molecule has 1 heterocycles. The van der Waals surface area contributed by atoms with Crippen LogP contribution >= 0.6 is 0 Å². The van der Waals surface area contributed by atoms with E-state index in [1.54, 1.807) is 6.20 Å². The van der Waals surface area contributed by atoms with Crippen LogP contribution in [0.5, 0.6) is 0 Å². The first kappa shape index (κ1) is 15.9. The summed E-state index contributed by atoms with van der Waals surface area (Å²) in [4.78, 5) is 4.25. The molecule has 0 radical (unpaired) electrons. The molecule has 1 fully saturated rings. The maximum atomic E-state index is 4.25. The molecule has 1 aromatic rings. The summed E-state index contributed by atoms with van der Waals surface area (Å²) in [7, 11) is 1.82. The van der Waals surface area contributed by atoms with Crippen LogP contribution in [0.1, 0.15) is 44.9 Å². The van der Waals surface area contributed by atoms with Crippen molar-refractivity contribution in [3.63, 3.8) is 0 Å². The standard InChI is InChI=1S/C16H29N5/c1-17-16(19-12-14-21-13-6-11-20-21)18-10-5-4-9-15-7-2-3-8-15/h6,11,13,15H,2-5,7-10,12,14H2,1H3,(H2,17,18,19). The first-order valence-electron chi connectivity index (χ1n) is 8.30. The highest BCUT2D eigenvalue weighted by Crippen LogP contribution is 2.28. The molecule has 0 saturated heterocycles. The van der Waals surface area contributed by atoms with Gasteiger partial charge in [0.05, 0.1) is 6.54 Å². The zero-order valence-corrected chi connectivity index (χ0v) is 13.2. The summed E-state index contributed by atoms with van der Waals surface area (Å²) < 4.78 is 1.92. The van der Waals surface area contributed by atoms with Gasteiger partial charge in [-0.1, -0.05) is 38.5 Å². The molecule has 0 unspecified atom stereocenters. The van der Waals surface area contributed by atoms with Gasteiger partial charge >= 0.3 is 0 Å². The number of aliphatic imine (C=N–C) groups is 1. The minimum absolute atomic E-state index is 0.837. The van der Waals surface area contributed by atoms with Gasteiger partial charge in [-0.3, -0.25) is 9.67 Å². The Labute approximate surface area is 128 Å². The second-order valence-corrected chi connectivity index (χ2v) is 5.84. The van der Waals surface area contributed by atoms with Gasteiger partial charge in [0.25, 0.3) is 0 Å². The molecule has 0 spiro atoms. The normalized spacial score (nSPS) is 16.3. The zero-order chi connectivity index (χ0) is 14.8. The van der Waals surface area contributed by atoms with Gasteiger partial charge in [-0.25, -0.2) is 0 Å². The average Bonchev–Trinajstić information content (AvgIpc) is 3.18. The topological polar surface area (TPSA) is 54.2 Å². The van der Waals surface area contributed by atoms with Gasteiger partial charge in [0, 0.05) is 32.5 Å². The molecule has 0 atom stereocenters. The Morgan fingerprint density at radius 2 is 2.05 bits per heavy atom. The fourth-order valence-corrected chi connectivity index (χ4v) is 3.01. The third-order valence-electron chi connectivity index (χ3n) is 4.22. The van der Waals surface area contributed by atoms with Gasteiger partial charge in [-0.2, -0.15) is 5.10 Å². The van der Waals surface area contributed by atoms with Crippen LogP contribution in [0.4, 0.5) is 0 Å². The second kappa shape index (κ2) is 9.42. The number of hydrogen-bond donors (Lipinski definition) is 2. The van der Waals surface area contributed by atoms with Crippen LogP contribution in [0, 0.1) is 5.92 Å². The molecular weight excluding hydrogens is 262 g/mol. The fraction of sp³-hybridized carbons (Fsp3) is 0.750. The maximum Gasteiger partial charge on any atom is 0.191 e. The molecule has 21 heavy (non-hydrogen) atoms. The molecular formula is C16H29N5. The number of nitrogens with zero attached hydrogens (tertiary/aromatic N) is 3. The number of rotatable bonds is 8. The van der Waals surface area contributed by atoms with Crippen LogP contribution in [-0.4, -0.2) is 35.9 Å². The number of nitrogens with one attached hydrogen (secondary N) is 2. The van der Waals surface area contributed by atoms with Crippen molar-refractivity contribution in [1.29, 1.82) is 0 Å². The van der Waals surface area contributed by atoms with Crippen LogP contribution in [0.15, 0.2) is 23.5 Å². The van der Waals surface area contributed by atoms with E-state index in [0.717, 1.165) is 31.5 Å². The summed E-state index contributed by atoms with van der Waals surface area (Å²) in [6.07, 6.45) is 13.6. The zero-order valence-electron chi connectivity index (χ0n) is 13.2. The van der Waals surface area contributed by atoms with E-state index in [0.29, 0.717) is 0 Å². The van der Waals surface area contributed by atoms with Crippen LogP contribution in [0.3, 0.4) is 0 Å². The molecule has 1 aliphatic carbocycles. The summed E-state index contributed by atoms with van der Waals surface area (Å²) in [5.41, 5.74) is 0. The molecule has 2 N–H and O–H groups in total. The van der Waals surface area contributed by atoms with Gasteiger partial charge in [-0.05, 0) is 18.4 Å². The molecule has 0 aliphatic heterocycles. The van der Waals surface area contributed by atoms with E-state index >= 15 is 0 Å². The molecule has 5 heteroatoms. The van der Waals surface area contributed by atoms with Crippen molar-refractivity contribution in [3.05, 3.63) is 18.5 Å². The lowest BCUT2D eigenvalue weighted by molar-refractivity contribution is 0.472. The van der Waals surface area contributed by atoms with Crippen LogP contribution < -0.4 is 10.6 Å². The summed E-state index contributed by atoms with van der Waals surface area (Å²) in [5.74, 6) is 1.90. The van der Waals surface area contributed by atoms with Crippen LogP contribution in [-0.2, 0) is 6.54 Å². The Bertz CT molecular complexity index is 393. The van der Waals surface area contributed by atoms with E-state index in [9.17, 15) is 0 Å². The fourth-order valence-electron chi connectivity index (χ4n) is 3.01. The maximum absolute atomic E-state index is 4.25.